The minimum Gasteiger partial charge on any atom is -0.385 e. The molecule has 0 aromatic rings. The monoisotopic (exact) mass is 201 g/mol. The average Bonchev–Trinajstić information content (AvgIpc) is 2.43. The van der Waals surface area contributed by atoms with E-state index in [1.807, 2.05) is 13.8 Å². The molecule has 6 heteroatoms. The van der Waals surface area contributed by atoms with Crippen molar-refractivity contribution in [3.05, 3.63) is 0 Å². The van der Waals surface area contributed by atoms with Crippen LogP contribution in [0.3, 0.4) is 0 Å². The first-order chi connectivity index (χ1) is 6.52. The van der Waals surface area contributed by atoms with E-state index >= 15 is 0 Å². The van der Waals surface area contributed by atoms with Gasteiger partial charge in [-0.05, 0) is 5.92 Å². The zero-order chi connectivity index (χ0) is 10.7. The van der Waals surface area contributed by atoms with Crippen LogP contribution in [0.1, 0.15) is 13.8 Å². The van der Waals surface area contributed by atoms with Crippen molar-refractivity contribution in [3.63, 3.8) is 0 Å². The van der Waals surface area contributed by atoms with Crippen LogP contribution in [0.2, 0.25) is 0 Å². The van der Waals surface area contributed by atoms with Crippen LogP contribution in [-0.2, 0) is 4.74 Å². The van der Waals surface area contributed by atoms with Crippen LogP contribution in [-0.4, -0.2) is 35.7 Å². The Kier molecular flexibility index (Phi) is 3.43. The van der Waals surface area contributed by atoms with Crippen LogP contribution in [0.5, 0.6) is 0 Å². The number of nitrogens with zero attached hydrogens (tertiary/aromatic N) is 1. The Bertz CT molecular complexity index is 252. The second-order valence-corrected chi connectivity index (χ2v) is 3.53. The van der Waals surface area contributed by atoms with Crippen molar-refractivity contribution in [2.45, 2.75) is 26.1 Å². The first kappa shape index (κ1) is 10.9. The predicted molar refractivity (Wildman–Crippen MR) is 50.7 cm³/mol. The Morgan fingerprint density at radius 2 is 2.43 bits per heavy atom. The van der Waals surface area contributed by atoms with Crippen molar-refractivity contribution >= 4 is 11.7 Å². The summed E-state index contributed by atoms with van der Waals surface area (Å²) < 4.78 is 5.30. The van der Waals surface area contributed by atoms with E-state index in [-0.39, 0.29) is 18.6 Å². The van der Waals surface area contributed by atoms with Crippen LogP contribution in [0.25, 0.3) is 0 Å². The van der Waals surface area contributed by atoms with E-state index in [9.17, 15) is 9.90 Å². The maximum absolute atomic E-state index is 10.4. The number of urea groups is 1. The Balaban J connectivity index is 2.71. The Morgan fingerprint density at radius 1 is 1.79 bits per heavy atom. The van der Waals surface area contributed by atoms with Gasteiger partial charge in [-0.25, -0.2) is 10.2 Å². The van der Waals surface area contributed by atoms with Gasteiger partial charge in [0.15, 0.2) is 0 Å². The standard InChI is InChI=1S/C8H15N3O3/c1-4(2)7-6(5(12)3-14-7)10-11-8(9)13/h4-5,7,12H,3H2,1-2H3,(H3,9,11,13)/b10-6+. The normalized spacial score (nSPS) is 29.9. The van der Waals surface area contributed by atoms with Crippen molar-refractivity contribution in [1.29, 1.82) is 0 Å². The van der Waals surface area contributed by atoms with Crippen LogP contribution in [0, 0.1) is 5.92 Å². The minimum absolute atomic E-state index is 0.195. The smallest absolute Gasteiger partial charge is 0.332 e. The summed E-state index contributed by atoms with van der Waals surface area (Å²) in [6.45, 7) is 4.10. The summed E-state index contributed by atoms with van der Waals surface area (Å²) in [5.74, 6) is 0.195. The summed E-state index contributed by atoms with van der Waals surface area (Å²) in [7, 11) is 0. The number of hydrogen-bond donors (Lipinski definition) is 3. The molecule has 1 aliphatic rings. The van der Waals surface area contributed by atoms with Gasteiger partial charge >= 0.3 is 6.03 Å². The third-order valence-corrected chi connectivity index (χ3v) is 1.97. The van der Waals surface area contributed by atoms with Crippen molar-refractivity contribution < 1.29 is 14.6 Å². The molecule has 6 nitrogen and oxygen atoms in total. The number of primary amides is 1. The third-order valence-electron chi connectivity index (χ3n) is 1.97. The van der Waals surface area contributed by atoms with Gasteiger partial charge in [0.2, 0.25) is 0 Å². The predicted octanol–water partition coefficient (Wildman–Crippen LogP) is -0.574. The molecule has 2 atom stereocenters. The van der Waals surface area contributed by atoms with Crippen LogP contribution < -0.4 is 11.2 Å². The maximum Gasteiger partial charge on any atom is 0.332 e. The lowest BCUT2D eigenvalue weighted by Gasteiger charge is -2.14. The number of ether oxygens (including phenoxy) is 1. The van der Waals surface area contributed by atoms with Crippen molar-refractivity contribution in [3.8, 4) is 0 Å². The van der Waals surface area contributed by atoms with Gasteiger partial charge in [-0.2, -0.15) is 5.10 Å². The highest BCUT2D eigenvalue weighted by atomic mass is 16.5. The zero-order valence-corrected chi connectivity index (χ0v) is 8.23. The Labute approximate surface area is 82.1 Å². The van der Waals surface area contributed by atoms with Crippen LogP contribution in [0.4, 0.5) is 4.79 Å². The fraction of sp³-hybridized carbons (Fsp3) is 0.750. The largest absolute Gasteiger partial charge is 0.385 e. The molecule has 1 rings (SSSR count). The minimum atomic E-state index is -0.755. The van der Waals surface area contributed by atoms with E-state index in [0.717, 1.165) is 0 Å². The van der Waals surface area contributed by atoms with Gasteiger partial charge < -0.3 is 15.6 Å². The molecule has 0 aromatic heterocycles. The van der Waals surface area contributed by atoms with Gasteiger partial charge in [-0.3, -0.25) is 0 Å². The lowest BCUT2D eigenvalue weighted by molar-refractivity contribution is 0.0691. The fourth-order valence-corrected chi connectivity index (χ4v) is 1.35. The highest BCUT2D eigenvalue weighted by Crippen LogP contribution is 2.17. The summed E-state index contributed by atoms with van der Waals surface area (Å²) in [5, 5.41) is 13.2. The number of nitrogens with two attached hydrogens (primary N) is 1. The maximum atomic E-state index is 10.4. The highest BCUT2D eigenvalue weighted by Gasteiger charge is 2.34. The summed E-state index contributed by atoms with van der Waals surface area (Å²) in [4.78, 5) is 10.4. The van der Waals surface area contributed by atoms with E-state index in [1.165, 1.54) is 0 Å². The Hall–Kier alpha value is -1.14. The number of rotatable bonds is 2. The number of hydrazone groups is 1. The first-order valence-electron chi connectivity index (χ1n) is 4.45. The SMILES string of the molecule is CC(C)C1OCC(O)/C1=N\NC(N)=O. The molecule has 2 amide bonds. The molecule has 1 fully saturated rings. The van der Waals surface area contributed by atoms with Crippen LogP contribution in [0.15, 0.2) is 5.10 Å². The Morgan fingerprint density at radius 3 is 2.93 bits per heavy atom. The molecule has 4 N–H and O–H groups in total. The number of hydrogen-bond acceptors (Lipinski definition) is 4. The molecule has 14 heavy (non-hydrogen) atoms. The molecule has 80 valence electrons. The van der Waals surface area contributed by atoms with E-state index in [4.69, 9.17) is 10.5 Å². The van der Waals surface area contributed by atoms with Gasteiger partial charge in [-0.1, -0.05) is 13.8 Å². The molecular formula is C8H15N3O3. The van der Waals surface area contributed by atoms with Crippen molar-refractivity contribution in [1.82, 2.24) is 5.43 Å². The van der Waals surface area contributed by atoms with E-state index in [0.29, 0.717) is 5.71 Å². The number of amides is 2. The molecular weight excluding hydrogens is 186 g/mol. The molecule has 2 unspecified atom stereocenters. The molecule has 1 heterocycles. The van der Waals surface area contributed by atoms with Gasteiger partial charge in [0.1, 0.15) is 12.2 Å². The molecule has 0 bridgehead atoms. The lowest BCUT2D eigenvalue weighted by atomic mass is 10.0. The highest BCUT2D eigenvalue weighted by molar-refractivity contribution is 5.95. The van der Waals surface area contributed by atoms with Gasteiger partial charge in [0.05, 0.1) is 12.3 Å². The van der Waals surface area contributed by atoms with Gasteiger partial charge in [0.25, 0.3) is 0 Å². The molecule has 0 radical (unpaired) electrons. The molecule has 0 aromatic carbocycles. The molecule has 1 saturated heterocycles. The molecule has 0 aliphatic carbocycles. The molecule has 0 spiro atoms. The zero-order valence-electron chi connectivity index (χ0n) is 8.23. The topological polar surface area (TPSA) is 96.9 Å². The lowest BCUT2D eigenvalue weighted by Crippen LogP contribution is -2.33. The van der Waals surface area contributed by atoms with E-state index < -0.39 is 12.1 Å². The molecule has 0 saturated carbocycles. The second kappa shape index (κ2) is 4.39. The van der Waals surface area contributed by atoms with Crippen LogP contribution >= 0.6 is 0 Å². The average molecular weight is 201 g/mol. The number of carbonyl (C=O) groups is 1. The summed E-state index contributed by atoms with van der Waals surface area (Å²) in [5.41, 5.74) is 7.38. The number of aliphatic hydroxyl groups excluding tert-OH is 1. The summed E-state index contributed by atoms with van der Waals surface area (Å²) >= 11 is 0. The summed E-state index contributed by atoms with van der Waals surface area (Å²) in [6, 6.07) is -0.751. The van der Waals surface area contributed by atoms with E-state index in [2.05, 4.69) is 10.5 Å². The summed E-state index contributed by atoms with van der Waals surface area (Å²) in [6.07, 6.45) is -1.01. The van der Waals surface area contributed by atoms with Gasteiger partial charge in [-0.15, -0.1) is 0 Å². The van der Waals surface area contributed by atoms with Crippen molar-refractivity contribution in [2.24, 2.45) is 16.8 Å². The molecule has 1 aliphatic heterocycles. The van der Waals surface area contributed by atoms with E-state index in [1.54, 1.807) is 0 Å². The third kappa shape index (κ3) is 2.43. The quantitative estimate of drug-likeness (QED) is 0.522. The second-order valence-electron chi connectivity index (χ2n) is 3.53. The fourth-order valence-electron chi connectivity index (χ4n) is 1.35. The number of nitrogens with one attached hydrogen (secondary N) is 1. The van der Waals surface area contributed by atoms with Crippen molar-refractivity contribution in [2.75, 3.05) is 6.61 Å². The van der Waals surface area contributed by atoms with Gasteiger partial charge in [0, 0.05) is 0 Å². The first-order valence-corrected chi connectivity index (χ1v) is 4.45. The number of carbonyl (C=O) groups excluding carboxylic acids is 1. The number of aliphatic hydroxyl groups is 1.